The molecule has 0 aromatic heterocycles. The molecule has 13 heavy (non-hydrogen) atoms. The Balaban J connectivity index is 2.53. The Morgan fingerprint density at radius 2 is 2.46 bits per heavy atom. The molecule has 5 heteroatoms. The molecule has 1 heterocycles. The molecule has 0 fully saturated rings. The van der Waals surface area contributed by atoms with Crippen LogP contribution < -0.4 is 5.73 Å². The average Bonchev–Trinajstić information content (AvgIpc) is 2.50. The van der Waals surface area contributed by atoms with Gasteiger partial charge in [0, 0.05) is 12.6 Å². The van der Waals surface area contributed by atoms with Crippen LogP contribution in [0.25, 0.3) is 0 Å². The van der Waals surface area contributed by atoms with Gasteiger partial charge in [-0.15, -0.1) is 0 Å². The van der Waals surface area contributed by atoms with Gasteiger partial charge in [0.25, 0.3) is 0 Å². The second-order valence-electron chi connectivity index (χ2n) is 3.21. The molecule has 0 saturated carbocycles. The lowest BCUT2D eigenvalue weighted by molar-refractivity contribution is -0.142. The number of hydrogen-bond acceptors (Lipinski definition) is 5. The van der Waals surface area contributed by atoms with Crippen molar-refractivity contribution in [1.82, 2.24) is 0 Å². The number of aliphatic imine (C=N–C) groups is 2. The quantitative estimate of drug-likeness (QED) is 0.613. The summed E-state index contributed by atoms with van der Waals surface area (Å²) in [5, 5.41) is 0. The third-order valence-corrected chi connectivity index (χ3v) is 1.91. The van der Waals surface area contributed by atoms with Crippen molar-refractivity contribution >= 4 is 18.5 Å². The number of methoxy groups -OCH3 is 1. The molecule has 0 radical (unpaired) electrons. The van der Waals surface area contributed by atoms with Crippen LogP contribution >= 0.6 is 0 Å². The first-order valence-corrected chi connectivity index (χ1v) is 3.99. The maximum absolute atomic E-state index is 11.0. The first kappa shape index (κ1) is 9.85. The number of carbonyl (C=O) groups is 1. The summed E-state index contributed by atoms with van der Waals surface area (Å²) in [5.41, 5.74) is 5.13. The number of ether oxygens (including phenoxy) is 1. The van der Waals surface area contributed by atoms with Gasteiger partial charge >= 0.3 is 5.97 Å². The van der Waals surface area contributed by atoms with E-state index in [-0.39, 0.29) is 0 Å². The summed E-state index contributed by atoms with van der Waals surface area (Å²) < 4.78 is 4.51. The van der Waals surface area contributed by atoms with Crippen molar-refractivity contribution in [2.24, 2.45) is 15.7 Å². The van der Waals surface area contributed by atoms with Crippen LogP contribution in [0.1, 0.15) is 13.3 Å². The first-order chi connectivity index (χ1) is 6.07. The topological polar surface area (TPSA) is 77.0 Å². The van der Waals surface area contributed by atoms with Gasteiger partial charge in [0.1, 0.15) is 12.4 Å². The zero-order valence-corrected chi connectivity index (χ0v) is 7.73. The summed E-state index contributed by atoms with van der Waals surface area (Å²) in [6.45, 7) is 1.86. The molecule has 0 aromatic rings. The molecule has 0 amide bonds. The van der Waals surface area contributed by atoms with E-state index in [0.29, 0.717) is 6.42 Å². The largest absolute Gasteiger partial charge is 0.468 e. The third kappa shape index (κ3) is 2.35. The second kappa shape index (κ2) is 3.66. The van der Waals surface area contributed by atoms with Gasteiger partial charge in [0.05, 0.1) is 12.6 Å². The highest BCUT2D eigenvalue weighted by Crippen LogP contribution is 2.17. The van der Waals surface area contributed by atoms with Crippen molar-refractivity contribution in [2.75, 3.05) is 7.11 Å². The van der Waals surface area contributed by atoms with Gasteiger partial charge in [-0.25, -0.2) is 4.99 Å². The maximum Gasteiger partial charge on any atom is 0.322 e. The Morgan fingerprint density at radius 3 is 2.92 bits per heavy atom. The Morgan fingerprint density at radius 1 is 1.77 bits per heavy atom. The number of nitrogens with zero attached hydrogens (tertiary/aromatic N) is 2. The summed E-state index contributed by atoms with van der Waals surface area (Å²) in [5.74, 6) is -0.420. The number of rotatable bonds is 3. The van der Waals surface area contributed by atoms with Gasteiger partial charge in [-0.2, -0.15) is 0 Å². The van der Waals surface area contributed by atoms with E-state index in [1.807, 2.05) is 6.92 Å². The van der Waals surface area contributed by atoms with E-state index >= 15 is 0 Å². The lowest BCUT2D eigenvalue weighted by atomic mass is 9.96. The summed E-state index contributed by atoms with van der Waals surface area (Å²) in [6, 6.07) is -0.642. The van der Waals surface area contributed by atoms with Crippen LogP contribution in [0.15, 0.2) is 9.98 Å². The molecule has 0 spiro atoms. The molecule has 2 N–H and O–H groups in total. The Labute approximate surface area is 76.7 Å². The predicted molar refractivity (Wildman–Crippen MR) is 50.0 cm³/mol. The Hall–Kier alpha value is -1.23. The fourth-order valence-electron chi connectivity index (χ4n) is 1.18. The molecule has 5 nitrogen and oxygen atoms in total. The lowest BCUT2D eigenvalue weighted by Crippen LogP contribution is -2.39. The predicted octanol–water partition coefficient (Wildman–Crippen LogP) is -0.252. The van der Waals surface area contributed by atoms with Gasteiger partial charge in [-0.1, -0.05) is 0 Å². The van der Waals surface area contributed by atoms with Crippen LogP contribution in [-0.4, -0.2) is 37.2 Å². The first-order valence-electron chi connectivity index (χ1n) is 3.99. The summed E-state index contributed by atoms with van der Waals surface area (Å²) in [7, 11) is 1.32. The normalized spacial score (nSPS) is 27.6. The van der Waals surface area contributed by atoms with Crippen LogP contribution in [0.2, 0.25) is 0 Å². The molecule has 0 aliphatic carbocycles. The highest BCUT2D eigenvalue weighted by atomic mass is 16.5. The molecule has 1 aliphatic rings. The molecule has 0 aromatic carbocycles. The van der Waals surface area contributed by atoms with Crippen molar-refractivity contribution in [3.05, 3.63) is 0 Å². The van der Waals surface area contributed by atoms with E-state index in [0.717, 1.165) is 0 Å². The molecular weight excluding hydrogens is 170 g/mol. The van der Waals surface area contributed by atoms with E-state index in [1.165, 1.54) is 13.4 Å². The molecular formula is C8H13N3O2. The molecule has 1 aliphatic heterocycles. The Kier molecular flexibility index (Phi) is 2.77. The molecule has 0 bridgehead atoms. The lowest BCUT2D eigenvalue weighted by Gasteiger charge is -2.19. The monoisotopic (exact) mass is 183 g/mol. The minimum atomic E-state index is -0.642. The summed E-state index contributed by atoms with van der Waals surface area (Å²) in [4.78, 5) is 18.9. The SMILES string of the molecule is COC(=O)[C@@H](N)CC1(C)C=NC=N1. The summed E-state index contributed by atoms with van der Waals surface area (Å²) in [6.07, 6.45) is 3.56. The number of hydrogen-bond donors (Lipinski definition) is 1. The van der Waals surface area contributed by atoms with E-state index in [2.05, 4.69) is 14.7 Å². The van der Waals surface area contributed by atoms with Gasteiger partial charge in [-0.3, -0.25) is 9.79 Å². The van der Waals surface area contributed by atoms with Crippen LogP contribution in [-0.2, 0) is 9.53 Å². The van der Waals surface area contributed by atoms with Crippen LogP contribution in [0, 0.1) is 0 Å². The van der Waals surface area contributed by atoms with Crippen molar-refractivity contribution in [3.8, 4) is 0 Å². The smallest absolute Gasteiger partial charge is 0.322 e. The Bertz CT molecular complexity index is 248. The fraction of sp³-hybridized carbons (Fsp3) is 0.625. The molecule has 2 atom stereocenters. The average molecular weight is 183 g/mol. The number of esters is 1. The van der Waals surface area contributed by atoms with Crippen LogP contribution in [0.5, 0.6) is 0 Å². The highest BCUT2D eigenvalue weighted by Gasteiger charge is 2.29. The van der Waals surface area contributed by atoms with Crippen molar-refractivity contribution in [1.29, 1.82) is 0 Å². The zero-order chi connectivity index (χ0) is 9.90. The van der Waals surface area contributed by atoms with Gasteiger partial charge < -0.3 is 10.5 Å². The minimum Gasteiger partial charge on any atom is -0.468 e. The van der Waals surface area contributed by atoms with Gasteiger partial charge in [0.2, 0.25) is 0 Å². The fourth-order valence-corrected chi connectivity index (χ4v) is 1.18. The molecule has 1 rings (SSSR count). The van der Waals surface area contributed by atoms with Crippen molar-refractivity contribution < 1.29 is 9.53 Å². The standard InChI is InChI=1S/C8H13N3O2/c1-8(4-10-5-11-8)3-6(9)7(12)13-2/h4-6H,3,9H2,1-2H3/t6-,8?/m0/s1. The van der Waals surface area contributed by atoms with E-state index in [9.17, 15) is 4.79 Å². The van der Waals surface area contributed by atoms with E-state index in [4.69, 9.17) is 5.73 Å². The van der Waals surface area contributed by atoms with Gasteiger partial charge in [0.15, 0.2) is 0 Å². The molecule has 0 saturated heterocycles. The van der Waals surface area contributed by atoms with Crippen molar-refractivity contribution in [2.45, 2.75) is 24.9 Å². The molecule has 72 valence electrons. The maximum atomic E-state index is 11.0. The van der Waals surface area contributed by atoms with Gasteiger partial charge in [-0.05, 0) is 6.92 Å². The summed E-state index contributed by atoms with van der Waals surface area (Å²) >= 11 is 0. The molecule has 1 unspecified atom stereocenters. The minimum absolute atomic E-state index is 0.416. The second-order valence-corrected chi connectivity index (χ2v) is 3.21. The number of carbonyl (C=O) groups excluding carboxylic acids is 1. The van der Waals surface area contributed by atoms with E-state index in [1.54, 1.807) is 6.21 Å². The van der Waals surface area contributed by atoms with Crippen LogP contribution in [0.4, 0.5) is 0 Å². The third-order valence-electron chi connectivity index (χ3n) is 1.91. The highest BCUT2D eigenvalue weighted by molar-refractivity contribution is 5.86. The van der Waals surface area contributed by atoms with Crippen molar-refractivity contribution in [3.63, 3.8) is 0 Å². The van der Waals surface area contributed by atoms with Crippen LogP contribution in [0.3, 0.4) is 0 Å². The van der Waals surface area contributed by atoms with E-state index < -0.39 is 17.6 Å². The zero-order valence-electron chi connectivity index (χ0n) is 7.73. The number of nitrogens with two attached hydrogens (primary N) is 1.